The maximum absolute atomic E-state index is 4.70. The highest BCUT2D eigenvalue weighted by Gasteiger charge is 2.07. The summed E-state index contributed by atoms with van der Waals surface area (Å²) in [7, 11) is 1.94. The molecular weight excluding hydrogens is 364 g/mol. The number of hydrogen-bond donors (Lipinski definition) is 2. The maximum Gasteiger partial charge on any atom is 0.154 e. The van der Waals surface area contributed by atoms with Gasteiger partial charge in [-0.25, -0.2) is 9.97 Å². The molecule has 0 unspecified atom stereocenters. The second kappa shape index (κ2) is 8.32. The Morgan fingerprint density at radius 3 is 2.76 bits per heavy atom. The molecule has 0 radical (unpaired) electrons. The first kappa shape index (κ1) is 18.9. The minimum absolute atomic E-state index is 0.385. The van der Waals surface area contributed by atoms with Gasteiger partial charge in [-0.2, -0.15) is 5.10 Å². The van der Waals surface area contributed by atoms with Crippen LogP contribution in [0.3, 0.4) is 0 Å². The minimum Gasteiger partial charge on any atom is -0.323 e. The molecule has 0 saturated heterocycles. The van der Waals surface area contributed by atoms with E-state index in [1.54, 1.807) is 6.20 Å². The Morgan fingerprint density at radius 2 is 1.93 bits per heavy atom. The van der Waals surface area contributed by atoms with Gasteiger partial charge in [-0.05, 0) is 42.8 Å². The van der Waals surface area contributed by atoms with Crippen molar-refractivity contribution < 1.29 is 0 Å². The quantitative estimate of drug-likeness (QED) is 0.502. The molecule has 0 aromatic carbocycles. The number of rotatable bonds is 7. The maximum atomic E-state index is 4.70. The standard InChI is InChI=1S/C21H24N8/c1-14(2)15-8-21(28-25-10-15)27-20-5-4-18-19(26-20)9-17(11-23-18)29-12-16(24-13-29)6-7-22-3/h4-5,8-14,22H,6-7H2,1-3H3,(H,26,27,28). The largest absolute Gasteiger partial charge is 0.323 e. The molecule has 0 saturated carbocycles. The molecule has 8 nitrogen and oxygen atoms in total. The van der Waals surface area contributed by atoms with Crippen LogP contribution in [-0.2, 0) is 6.42 Å². The third-order valence-electron chi connectivity index (χ3n) is 4.69. The van der Waals surface area contributed by atoms with Crippen LogP contribution < -0.4 is 10.6 Å². The van der Waals surface area contributed by atoms with Gasteiger partial charge in [0.05, 0.1) is 41.1 Å². The van der Waals surface area contributed by atoms with Crippen LogP contribution in [0.5, 0.6) is 0 Å². The summed E-state index contributed by atoms with van der Waals surface area (Å²) in [6, 6.07) is 7.84. The topological polar surface area (TPSA) is 93.4 Å². The number of hydrogen-bond acceptors (Lipinski definition) is 7. The average molecular weight is 388 g/mol. The smallest absolute Gasteiger partial charge is 0.154 e. The fourth-order valence-electron chi connectivity index (χ4n) is 2.98. The SMILES string of the molecule is CNCCc1cn(-c2cnc3ccc(Nc4cc(C(C)C)cnn4)nc3c2)cn1. The number of fused-ring (bicyclic) bond motifs is 1. The minimum atomic E-state index is 0.385. The van der Waals surface area contributed by atoms with Crippen LogP contribution >= 0.6 is 0 Å². The van der Waals surface area contributed by atoms with Crippen molar-refractivity contribution in [2.75, 3.05) is 18.9 Å². The highest BCUT2D eigenvalue weighted by molar-refractivity contribution is 5.78. The van der Waals surface area contributed by atoms with Crippen LogP contribution in [0.4, 0.5) is 11.6 Å². The normalized spacial score (nSPS) is 11.3. The first-order valence-corrected chi connectivity index (χ1v) is 9.66. The van der Waals surface area contributed by atoms with Crippen LogP contribution in [0.1, 0.15) is 31.0 Å². The third kappa shape index (κ3) is 4.38. The van der Waals surface area contributed by atoms with E-state index in [1.807, 2.05) is 54.6 Å². The van der Waals surface area contributed by atoms with Gasteiger partial charge in [0.15, 0.2) is 5.82 Å². The molecule has 0 fully saturated rings. The first-order valence-electron chi connectivity index (χ1n) is 9.66. The Morgan fingerprint density at radius 1 is 1.03 bits per heavy atom. The van der Waals surface area contributed by atoms with Crippen LogP contribution in [0.15, 0.2) is 49.2 Å². The summed E-state index contributed by atoms with van der Waals surface area (Å²) in [6.45, 7) is 5.15. The highest BCUT2D eigenvalue weighted by Crippen LogP contribution is 2.21. The Balaban J connectivity index is 1.60. The van der Waals surface area contributed by atoms with E-state index in [-0.39, 0.29) is 0 Å². The van der Waals surface area contributed by atoms with Gasteiger partial charge in [-0.15, -0.1) is 5.10 Å². The van der Waals surface area contributed by atoms with Crippen LogP contribution in [-0.4, -0.2) is 43.3 Å². The fraction of sp³-hybridized carbons (Fsp3) is 0.286. The molecule has 4 heterocycles. The number of aromatic nitrogens is 6. The van der Waals surface area contributed by atoms with E-state index in [9.17, 15) is 0 Å². The lowest BCUT2D eigenvalue weighted by Crippen LogP contribution is -2.10. The van der Waals surface area contributed by atoms with Crippen LogP contribution in [0.2, 0.25) is 0 Å². The monoisotopic (exact) mass is 388 g/mol. The third-order valence-corrected chi connectivity index (χ3v) is 4.69. The molecule has 8 heteroatoms. The summed E-state index contributed by atoms with van der Waals surface area (Å²) in [6.07, 6.45) is 8.33. The molecule has 4 aromatic heterocycles. The molecular formula is C21H24N8. The molecule has 0 aliphatic rings. The summed E-state index contributed by atoms with van der Waals surface area (Å²) in [5.41, 5.74) is 4.71. The van der Waals surface area contributed by atoms with E-state index in [1.165, 1.54) is 0 Å². The molecule has 148 valence electrons. The van der Waals surface area contributed by atoms with Gasteiger partial charge in [0, 0.05) is 19.2 Å². The molecule has 0 bridgehead atoms. The van der Waals surface area contributed by atoms with Crippen molar-refractivity contribution >= 4 is 22.7 Å². The number of anilines is 2. The summed E-state index contributed by atoms with van der Waals surface area (Å²) in [5.74, 6) is 1.76. The van der Waals surface area contributed by atoms with Gasteiger partial charge >= 0.3 is 0 Å². The molecule has 4 rings (SSSR count). The van der Waals surface area contributed by atoms with Gasteiger partial charge in [0.2, 0.25) is 0 Å². The number of nitrogens with zero attached hydrogens (tertiary/aromatic N) is 6. The van der Waals surface area contributed by atoms with Gasteiger partial charge in [-0.1, -0.05) is 13.8 Å². The zero-order valence-electron chi connectivity index (χ0n) is 16.8. The summed E-state index contributed by atoms with van der Waals surface area (Å²) < 4.78 is 1.97. The average Bonchev–Trinajstić information content (AvgIpc) is 3.21. The van der Waals surface area contributed by atoms with Gasteiger partial charge < -0.3 is 15.2 Å². The molecule has 29 heavy (non-hydrogen) atoms. The lowest BCUT2D eigenvalue weighted by atomic mass is 10.1. The van der Waals surface area contributed by atoms with Crippen LogP contribution in [0.25, 0.3) is 16.7 Å². The van der Waals surface area contributed by atoms with E-state index in [2.05, 4.69) is 44.6 Å². The second-order valence-corrected chi connectivity index (χ2v) is 7.21. The number of imidazole rings is 1. The zero-order valence-corrected chi connectivity index (χ0v) is 16.8. The van der Waals surface area contributed by atoms with Crippen molar-refractivity contribution in [3.63, 3.8) is 0 Å². The predicted molar refractivity (Wildman–Crippen MR) is 114 cm³/mol. The Kier molecular flexibility index (Phi) is 5.44. The molecule has 0 atom stereocenters. The van der Waals surface area contributed by atoms with Crippen LogP contribution in [0, 0.1) is 0 Å². The molecule has 0 amide bonds. The van der Waals surface area contributed by atoms with Crippen molar-refractivity contribution in [3.8, 4) is 5.69 Å². The van der Waals surface area contributed by atoms with E-state index in [0.717, 1.165) is 40.9 Å². The lowest BCUT2D eigenvalue weighted by molar-refractivity contribution is 0.779. The van der Waals surface area contributed by atoms with E-state index in [4.69, 9.17) is 4.98 Å². The summed E-state index contributed by atoms with van der Waals surface area (Å²) >= 11 is 0. The van der Waals surface area contributed by atoms with Crippen molar-refractivity contribution in [3.05, 3.63) is 60.4 Å². The van der Waals surface area contributed by atoms with E-state index < -0.39 is 0 Å². The fourth-order valence-corrected chi connectivity index (χ4v) is 2.98. The van der Waals surface area contributed by atoms with Crippen molar-refractivity contribution in [2.24, 2.45) is 0 Å². The first-order chi connectivity index (χ1) is 14.1. The molecule has 0 spiro atoms. The zero-order chi connectivity index (χ0) is 20.2. The number of likely N-dealkylation sites (N-methyl/N-ethyl adjacent to an activating group) is 1. The molecule has 0 aliphatic carbocycles. The summed E-state index contributed by atoms with van der Waals surface area (Å²) in [4.78, 5) is 13.7. The number of pyridine rings is 2. The summed E-state index contributed by atoms with van der Waals surface area (Å²) in [5, 5.41) is 14.6. The van der Waals surface area contributed by atoms with E-state index >= 15 is 0 Å². The molecule has 2 N–H and O–H groups in total. The Hall–Kier alpha value is -3.39. The Bertz CT molecular complexity index is 1120. The molecule has 0 aliphatic heterocycles. The lowest BCUT2D eigenvalue weighted by Gasteiger charge is -2.09. The van der Waals surface area contributed by atoms with Gasteiger partial charge in [-0.3, -0.25) is 4.98 Å². The predicted octanol–water partition coefficient (Wildman–Crippen LogP) is 3.23. The second-order valence-electron chi connectivity index (χ2n) is 7.21. The van der Waals surface area contributed by atoms with Crippen molar-refractivity contribution in [2.45, 2.75) is 26.2 Å². The number of nitrogens with one attached hydrogen (secondary N) is 2. The van der Waals surface area contributed by atoms with E-state index in [0.29, 0.717) is 17.6 Å². The molecule has 4 aromatic rings. The Labute approximate surface area is 169 Å². The van der Waals surface area contributed by atoms with Gasteiger partial charge in [0.25, 0.3) is 0 Å². The van der Waals surface area contributed by atoms with Crippen molar-refractivity contribution in [1.29, 1.82) is 0 Å². The van der Waals surface area contributed by atoms with Crippen molar-refractivity contribution in [1.82, 2.24) is 35.0 Å². The van der Waals surface area contributed by atoms with Gasteiger partial charge in [0.1, 0.15) is 5.82 Å². The highest BCUT2D eigenvalue weighted by atomic mass is 15.2.